The molecule has 8 nitrogen and oxygen atoms in total. The highest BCUT2D eigenvalue weighted by atomic mass is 32.2. The summed E-state index contributed by atoms with van der Waals surface area (Å²) < 4.78 is 27.7. The summed E-state index contributed by atoms with van der Waals surface area (Å²) in [4.78, 5) is 26.9. The van der Waals surface area contributed by atoms with Crippen LogP contribution in [-0.2, 0) is 14.8 Å². The van der Waals surface area contributed by atoms with Crippen LogP contribution < -0.4 is 5.32 Å². The number of amides is 2. The number of anilines is 1. The van der Waals surface area contributed by atoms with Gasteiger partial charge in [0, 0.05) is 43.2 Å². The van der Waals surface area contributed by atoms with Gasteiger partial charge in [-0.3, -0.25) is 9.59 Å². The van der Waals surface area contributed by atoms with E-state index in [-0.39, 0.29) is 35.0 Å². The molecule has 3 heterocycles. The third-order valence-electron chi connectivity index (χ3n) is 5.92. The predicted octanol–water partition coefficient (Wildman–Crippen LogP) is 2.90. The SMILES string of the molecule is N#Cc1ccc(NC(=O)C2CCN(S(=O)(=O)c3cc(C(=O)N4CCCC4)cs3)CC2)cc1. The number of nitriles is 1. The molecule has 32 heavy (non-hydrogen) atoms. The fraction of sp³-hybridized carbons (Fsp3) is 0.409. The van der Waals surface area contributed by atoms with E-state index in [1.165, 1.54) is 10.4 Å². The van der Waals surface area contributed by atoms with Gasteiger partial charge in [0.1, 0.15) is 4.21 Å². The molecular weight excluding hydrogens is 448 g/mol. The van der Waals surface area contributed by atoms with E-state index in [4.69, 9.17) is 5.26 Å². The quantitative estimate of drug-likeness (QED) is 0.719. The normalized spacial score (nSPS) is 17.8. The number of hydrogen-bond donors (Lipinski definition) is 1. The first-order valence-electron chi connectivity index (χ1n) is 10.6. The fourth-order valence-electron chi connectivity index (χ4n) is 4.02. The molecule has 2 aromatic rings. The number of likely N-dealkylation sites (tertiary alicyclic amines) is 1. The average molecular weight is 473 g/mol. The van der Waals surface area contributed by atoms with Crippen LogP contribution in [0.25, 0.3) is 0 Å². The van der Waals surface area contributed by atoms with E-state index in [9.17, 15) is 18.0 Å². The van der Waals surface area contributed by atoms with Crippen LogP contribution in [0.4, 0.5) is 5.69 Å². The van der Waals surface area contributed by atoms with Gasteiger partial charge in [0.15, 0.2) is 0 Å². The lowest BCUT2D eigenvalue weighted by Crippen LogP contribution is -2.41. The molecule has 0 saturated carbocycles. The van der Waals surface area contributed by atoms with Gasteiger partial charge < -0.3 is 10.2 Å². The number of nitrogens with one attached hydrogen (secondary N) is 1. The van der Waals surface area contributed by atoms with Crippen LogP contribution in [0.15, 0.2) is 39.9 Å². The number of carbonyl (C=O) groups is 2. The summed E-state index contributed by atoms with van der Waals surface area (Å²) in [5.41, 5.74) is 1.55. The molecule has 0 spiro atoms. The first-order chi connectivity index (χ1) is 15.4. The zero-order chi connectivity index (χ0) is 22.7. The van der Waals surface area contributed by atoms with Crippen LogP contribution >= 0.6 is 11.3 Å². The molecule has 10 heteroatoms. The maximum atomic E-state index is 13.1. The van der Waals surface area contributed by atoms with E-state index in [0.29, 0.717) is 29.7 Å². The number of thiophene rings is 1. The fourth-order valence-corrected chi connectivity index (χ4v) is 6.80. The Bertz CT molecular complexity index is 1140. The van der Waals surface area contributed by atoms with Crippen molar-refractivity contribution in [2.75, 3.05) is 31.5 Å². The van der Waals surface area contributed by atoms with Gasteiger partial charge in [-0.25, -0.2) is 8.42 Å². The molecule has 0 radical (unpaired) electrons. The number of carbonyl (C=O) groups excluding carboxylic acids is 2. The minimum atomic E-state index is -3.70. The molecule has 0 atom stereocenters. The zero-order valence-electron chi connectivity index (χ0n) is 17.5. The van der Waals surface area contributed by atoms with E-state index in [1.54, 1.807) is 34.5 Å². The van der Waals surface area contributed by atoms with Crippen LogP contribution in [0.5, 0.6) is 0 Å². The minimum Gasteiger partial charge on any atom is -0.339 e. The second kappa shape index (κ2) is 9.40. The first-order valence-corrected chi connectivity index (χ1v) is 12.9. The van der Waals surface area contributed by atoms with Crippen molar-refractivity contribution in [3.8, 4) is 6.07 Å². The van der Waals surface area contributed by atoms with Crippen molar-refractivity contribution in [1.82, 2.24) is 9.21 Å². The number of benzene rings is 1. The summed E-state index contributed by atoms with van der Waals surface area (Å²) in [6.45, 7) is 1.94. The Hall–Kier alpha value is -2.74. The molecule has 2 aliphatic rings. The maximum Gasteiger partial charge on any atom is 0.254 e. The van der Waals surface area contributed by atoms with Gasteiger partial charge >= 0.3 is 0 Å². The zero-order valence-corrected chi connectivity index (χ0v) is 19.1. The van der Waals surface area contributed by atoms with E-state index < -0.39 is 10.0 Å². The van der Waals surface area contributed by atoms with E-state index in [2.05, 4.69) is 5.32 Å². The molecule has 1 aromatic carbocycles. The lowest BCUT2D eigenvalue weighted by molar-refractivity contribution is -0.120. The third-order valence-corrected chi connectivity index (χ3v) is 9.23. The number of piperidine rings is 1. The third kappa shape index (κ3) is 4.70. The van der Waals surface area contributed by atoms with Crippen LogP contribution in [0.3, 0.4) is 0 Å². The molecule has 1 aromatic heterocycles. The molecule has 1 N–H and O–H groups in total. The molecule has 2 fully saturated rings. The molecule has 4 rings (SSSR count). The Morgan fingerprint density at radius 2 is 1.72 bits per heavy atom. The second-order valence-electron chi connectivity index (χ2n) is 8.01. The van der Waals surface area contributed by atoms with Crippen molar-refractivity contribution in [3.05, 3.63) is 46.8 Å². The summed E-state index contributed by atoms with van der Waals surface area (Å²) >= 11 is 1.07. The molecule has 0 aliphatic carbocycles. The van der Waals surface area contributed by atoms with Crippen molar-refractivity contribution in [2.24, 2.45) is 5.92 Å². The number of nitrogens with zero attached hydrogens (tertiary/aromatic N) is 3. The lowest BCUT2D eigenvalue weighted by Gasteiger charge is -2.30. The molecule has 2 aliphatic heterocycles. The van der Waals surface area contributed by atoms with E-state index in [1.807, 2.05) is 6.07 Å². The van der Waals surface area contributed by atoms with E-state index in [0.717, 1.165) is 37.3 Å². The van der Waals surface area contributed by atoms with Crippen LogP contribution in [0.1, 0.15) is 41.6 Å². The first kappa shape index (κ1) is 22.5. The molecule has 0 unspecified atom stereocenters. The number of sulfonamides is 1. The number of rotatable bonds is 5. The van der Waals surface area contributed by atoms with Gasteiger partial charge in [-0.2, -0.15) is 9.57 Å². The highest BCUT2D eigenvalue weighted by Gasteiger charge is 2.33. The van der Waals surface area contributed by atoms with Gasteiger partial charge in [0.05, 0.1) is 17.2 Å². The predicted molar refractivity (Wildman–Crippen MR) is 121 cm³/mol. The Morgan fingerprint density at radius 3 is 2.34 bits per heavy atom. The van der Waals surface area contributed by atoms with E-state index >= 15 is 0 Å². The van der Waals surface area contributed by atoms with Crippen LogP contribution in [-0.4, -0.2) is 55.6 Å². The van der Waals surface area contributed by atoms with Gasteiger partial charge in [-0.05, 0) is 56.0 Å². The monoisotopic (exact) mass is 472 g/mol. The van der Waals surface area contributed by atoms with Crippen molar-refractivity contribution >= 4 is 38.9 Å². The average Bonchev–Trinajstić information content (AvgIpc) is 3.52. The van der Waals surface area contributed by atoms with Crippen molar-refractivity contribution in [1.29, 1.82) is 5.26 Å². The summed E-state index contributed by atoms with van der Waals surface area (Å²) in [7, 11) is -3.70. The van der Waals surface area contributed by atoms with Gasteiger partial charge in [-0.1, -0.05) is 0 Å². The maximum absolute atomic E-state index is 13.1. The minimum absolute atomic E-state index is 0.113. The van der Waals surface area contributed by atoms with Crippen LogP contribution in [0.2, 0.25) is 0 Å². The Balaban J connectivity index is 1.35. The van der Waals surface area contributed by atoms with Crippen molar-refractivity contribution < 1.29 is 18.0 Å². The molecule has 168 valence electrons. The van der Waals surface area contributed by atoms with Crippen LogP contribution in [0, 0.1) is 17.2 Å². The molecular formula is C22H24N4O4S2. The van der Waals surface area contributed by atoms with Crippen molar-refractivity contribution in [2.45, 2.75) is 29.9 Å². The Kier molecular flexibility index (Phi) is 6.60. The lowest BCUT2D eigenvalue weighted by atomic mass is 9.97. The van der Waals surface area contributed by atoms with Gasteiger partial charge in [-0.15, -0.1) is 11.3 Å². The number of hydrogen-bond acceptors (Lipinski definition) is 6. The summed E-state index contributed by atoms with van der Waals surface area (Å²) in [5, 5.41) is 13.3. The highest BCUT2D eigenvalue weighted by molar-refractivity contribution is 7.91. The Morgan fingerprint density at radius 1 is 1.06 bits per heavy atom. The summed E-state index contributed by atoms with van der Waals surface area (Å²) in [5.74, 6) is -0.549. The Labute approximate surface area is 191 Å². The second-order valence-corrected chi connectivity index (χ2v) is 11.1. The standard InChI is InChI=1S/C22H24N4O4S2/c23-14-16-3-5-19(6-4-16)24-21(27)17-7-11-26(12-8-17)32(29,30)20-13-18(15-31-20)22(28)25-9-1-2-10-25/h3-6,13,15,17H,1-2,7-12H2,(H,24,27). The van der Waals surface area contributed by atoms with Gasteiger partial charge in [0.25, 0.3) is 15.9 Å². The molecule has 2 saturated heterocycles. The van der Waals surface area contributed by atoms with Crippen molar-refractivity contribution in [3.63, 3.8) is 0 Å². The topological polar surface area (TPSA) is 111 Å². The summed E-state index contributed by atoms with van der Waals surface area (Å²) in [6, 6.07) is 10.1. The molecule has 2 amide bonds. The van der Waals surface area contributed by atoms with Gasteiger partial charge in [0.2, 0.25) is 5.91 Å². The summed E-state index contributed by atoms with van der Waals surface area (Å²) in [6.07, 6.45) is 2.81. The molecule has 0 bridgehead atoms. The highest BCUT2D eigenvalue weighted by Crippen LogP contribution is 2.29. The smallest absolute Gasteiger partial charge is 0.254 e. The largest absolute Gasteiger partial charge is 0.339 e.